The van der Waals surface area contributed by atoms with Gasteiger partial charge in [-0.25, -0.2) is 0 Å². The van der Waals surface area contributed by atoms with Gasteiger partial charge in [-0.2, -0.15) is 0 Å². The van der Waals surface area contributed by atoms with Crippen LogP contribution in [0.15, 0.2) is 47.2 Å². The summed E-state index contributed by atoms with van der Waals surface area (Å²) < 4.78 is 6.73. The smallest absolute Gasteiger partial charge is 0.146 e. The Morgan fingerprint density at radius 1 is 1.33 bits per heavy atom. The molecule has 4 heteroatoms. The first kappa shape index (κ1) is 13.1. The summed E-state index contributed by atoms with van der Waals surface area (Å²) in [6.45, 7) is 2.06. The van der Waals surface area contributed by atoms with E-state index in [9.17, 15) is 0 Å². The summed E-state index contributed by atoms with van der Waals surface area (Å²) in [7, 11) is 0. The molecular formula is C14H15BrN2O. The first-order chi connectivity index (χ1) is 8.70. The third kappa shape index (κ3) is 3.09. The lowest BCUT2D eigenvalue weighted by Gasteiger charge is -2.15. The first-order valence-corrected chi connectivity index (χ1v) is 6.63. The zero-order chi connectivity index (χ0) is 13.0. The predicted molar refractivity (Wildman–Crippen MR) is 75.7 cm³/mol. The van der Waals surface area contributed by atoms with Crippen molar-refractivity contribution in [2.24, 2.45) is 5.73 Å². The van der Waals surface area contributed by atoms with Crippen molar-refractivity contribution < 1.29 is 4.74 Å². The minimum absolute atomic E-state index is 0.0127. The van der Waals surface area contributed by atoms with Crippen molar-refractivity contribution in [2.45, 2.75) is 19.4 Å². The highest BCUT2D eigenvalue weighted by Gasteiger charge is 2.10. The molecule has 2 rings (SSSR count). The Labute approximate surface area is 115 Å². The maximum absolute atomic E-state index is 6.07. The monoisotopic (exact) mass is 306 g/mol. The van der Waals surface area contributed by atoms with Crippen molar-refractivity contribution >= 4 is 15.9 Å². The Bertz CT molecular complexity index is 531. The van der Waals surface area contributed by atoms with Crippen LogP contribution >= 0.6 is 15.9 Å². The van der Waals surface area contributed by atoms with E-state index in [1.54, 1.807) is 12.4 Å². The average molecular weight is 307 g/mol. The van der Waals surface area contributed by atoms with Crippen LogP contribution in [0.5, 0.6) is 11.5 Å². The highest BCUT2D eigenvalue weighted by molar-refractivity contribution is 9.10. The number of benzene rings is 1. The molecule has 0 fully saturated rings. The molecule has 0 aliphatic heterocycles. The van der Waals surface area contributed by atoms with Gasteiger partial charge in [0.15, 0.2) is 0 Å². The van der Waals surface area contributed by atoms with Crippen LogP contribution < -0.4 is 10.5 Å². The number of hydrogen-bond acceptors (Lipinski definition) is 3. The number of aromatic nitrogens is 1. The fraction of sp³-hybridized carbons (Fsp3) is 0.214. The van der Waals surface area contributed by atoms with Crippen LogP contribution in [-0.4, -0.2) is 4.98 Å². The van der Waals surface area contributed by atoms with Crippen molar-refractivity contribution in [3.05, 3.63) is 52.8 Å². The zero-order valence-electron chi connectivity index (χ0n) is 10.1. The van der Waals surface area contributed by atoms with Crippen molar-refractivity contribution in [1.29, 1.82) is 0 Å². The topological polar surface area (TPSA) is 48.1 Å². The molecule has 0 bridgehead atoms. The molecule has 1 heterocycles. The van der Waals surface area contributed by atoms with Gasteiger partial charge in [-0.1, -0.05) is 25.1 Å². The van der Waals surface area contributed by atoms with Crippen LogP contribution in [0, 0.1) is 0 Å². The van der Waals surface area contributed by atoms with E-state index >= 15 is 0 Å². The quantitative estimate of drug-likeness (QED) is 0.927. The molecule has 0 radical (unpaired) electrons. The standard InChI is InChI=1S/C14H15BrN2O/c1-2-13(16)12-5-3-4-6-14(12)18-11-7-10(15)8-17-9-11/h3-9,13H,2,16H2,1H3/t13-/m0/s1. The van der Waals surface area contributed by atoms with Crippen molar-refractivity contribution in [3.8, 4) is 11.5 Å². The predicted octanol–water partition coefficient (Wildman–Crippen LogP) is 4.05. The second kappa shape index (κ2) is 5.98. The highest BCUT2D eigenvalue weighted by atomic mass is 79.9. The SMILES string of the molecule is CC[C@H](N)c1ccccc1Oc1cncc(Br)c1. The highest BCUT2D eigenvalue weighted by Crippen LogP contribution is 2.30. The largest absolute Gasteiger partial charge is 0.455 e. The third-order valence-electron chi connectivity index (χ3n) is 2.67. The van der Waals surface area contributed by atoms with Gasteiger partial charge in [-0.3, -0.25) is 4.98 Å². The van der Waals surface area contributed by atoms with Crippen LogP contribution in [0.25, 0.3) is 0 Å². The van der Waals surface area contributed by atoms with E-state index in [0.29, 0.717) is 5.75 Å². The number of hydrogen-bond donors (Lipinski definition) is 1. The second-order valence-corrected chi connectivity index (χ2v) is 4.91. The van der Waals surface area contributed by atoms with Gasteiger partial charge in [0, 0.05) is 22.3 Å². The van der Waals surface area contributed by atoms with Gasteiger partial charge >= 0.3 is 0 Å². The average Bonchev–Trinajstić information content (AvgIpc) is 2.38. The lowest BCUT2D eigenvalue weighted by Crippen LogP contribution is -2.09. The molecule has 0 amide bonds. The molecule has 18 heavy (non-hydrogen) atoms. The van der Waals surface area contributed by atoms with E-state index in [2.05, 4.69) is 27.8 Å². The lowest BCUT2D eigenvalue weighted by molar-refractivity contribution is 0.466. The summed E-state index contributed by atoms with van der Waals surface area (Å²) in [4.78, 5) is 4.07. The zero-order valence-corrected chi connectivity index (χ0v) is 11.7. The fourth-order valence-electron chi connectivity index (χ4n) is 1.67. The van der Waals surface area contributed by atoms with Gasteiger partial charge in [-0.15, -0.1) is 0 Å². The Morgan fingerprint density at radius 3 is 2.83 bits per heavy atom. The Morgan fingerprint density at radius 2 is 2.11 bits per heavy atom. The molecule has 0 saturated heterocycles. The molecule has 94 valence electrons. The molecule has 1 aromatic heterocycles. The van der Waals surface area contributed by atoms with E-state index in [4.69, 9.17) is 10.5 Å². The van der Waals surface area contributed by atoms with Crippen molar-refractivity contribution in [1.82, 2.24) is 4.98 Å². The molecule has 0 spiro atoms. The van der Waals surface area contributed by atoms with Crippen molar-refractivity contribution in [2.75, 3.05) is 0 Å². The molecule has 2 aromatic rings. The van der Waals surface area contributed by atoms with Crippen LogP contribution in [-0.2, 0) is 0 Å². The van der Waals surface area contributed by atoms with E-state index in [-0.39, 0.29) is 6.04 Å². The minimum Gasteiger partial charge on any atom is -0.455 e. The normalized spacial score (nSPS) is 12.2. The Kier molecular flexibility index (Phi) is 4.33. The Hall–Kier alpha value is -1.39. The summed E-state index contributed by atoms with van der Waals surface area (Å²) in [5, 5.41) is 0. The number of para-hydroxylation sites is 1. The summed E-state index contributed by atoms with van der Waals surface area (Å²) in [6.07, 6.45) is 4.27. The molecule has 3 nitrogen and oxygen atoms in total. The number of rotatable bonds is 4. The molecule has 0 aliphatic rings. The van der Waals surface area contributed by atoms with Crippen LogP contribution in [0.1, 0.15) is 24.9 Å². The fourth-order valence-corrected chi connectivity index (χ4v) is 2.02. The molecule has 1 atom stereocenters. The number of pyridine rings is 1. The maximum atomic E-state index is 6.07. The molecule has 2 N–H and O–H groups in total. The van der Waals surface area contributed by atoms with Crippen LogP contribution in [0.2, 0.25) is 0 Å². The van der Waals surface area contributed by atoms with Gasteiger partial charge in [-0.05, 0) is 34.5 Å². The third-order valence-corrected chi connectivity index (χ3v) is 3.10. The Balaban J connectivity index is 2.29. The first-order valence-electron chi connectivity index (χ1n) is 5.83. The van der Waals surface area contributed by atoms with Crippen molar-refractivity contribution in [3.63, 3.8) is 0 Å². The number of nitrogens with two attached hydrogens (primary N) is 1. The number of nitrogens with zero attached hydrogens (tertiary/aromatic N) is 1. The summed E-state index contributed by atoms with van der Waals surface area (Å²) in [6, 6.07) is 9.69. The van der Waals surface area contributed by atoms with Gasteiger partial charge < -0.3 is 10.5 Å². The van der Waals surface area contributed by atoms with Gasteiger partial charge in [0.25, 0.3) is 0 Å². The van der Waals surface area contributed by atoms with Gasteiger partial charge in [0.1, 0.15) is 11.5 Å². The number of ether oxygens (including phenoxy) is 1. The molecule has 1 aromatic carbocycles. The summed E-state index contributed by atoms with van der Waals surface area (Å²) in [5.41, 5.74) is 7.09. The lowest BCUT2D eigenvalue weighted by atomic mass is 10.0. The van der Waals surface area contributed by atoms with Crippen LogP contribution in [0.4, 0.5) is 0 Å². The van der Waals surface area contributed by atoms with Gasteiger partial charge in [0.05, 0.1) is 6.20 Å². The van der Waals surface area contributed by atoms with E-state index in [1.165, 1.54) is 0 Å². The molecule has 0 aliphatic carbocycles. The summed E-state index contributed by atoms with van der Waals surface area (Å²) in [5.74, 6) is 1.48. The molecular weight excluding hydrogens is 292 g/mol. The maximum Gasteiger partial charge on any atom is 0.146 e. The minimum atomic E-state index is -0.0127. The van der Waals surface area contributed by atoms with Gasteiger partial charge in [0.2, 0.25) is 0 Å². The van der Waals surface area contributed by atoms with E-state index in [1.807, 2.05) is 30.3 Å². The summed E-state index contributed by atoms with van der Waals surface area (Å²) >= 11 is 3.37. The van der Waals surface area contributed by atoms with Crippen LogP contribution in [0.3, 0.4) is 0 Å². The van der Waals surface area contributed by atoms with E-state index < -0.39 is 0 Å². The van der Waals surface area contributed by atoms with E-state index in [0.717, 1.165) is 22.2 Å². The molecule has 0 saturated carbocycles. The second-order valence-electron chi connectivity index (χ2n) is 3.99. The molecule has 0 unspecified atom stereocenters. The number of halogens is 1.